The van der Waals surface area contributed by atoms with E-state index in [0.717, 1.165) is 33.8 Å². The van der Waals surface area contributed by atoms with Crippen LogP contribution in [-0.4, -0.2) is 35.4 Å². The van der Waals surface area contributed by atoms with Crippen LogP contribution in [-0.2, 0) is 11.8 Å². The third-order valence-electron chi connectivity index (χ3n) is 3.12. The molecule has 0 aliphatic carbocycles. The lowest BCUT2D eigenvalue weighted by molar-refractivity contribution is 0.0928. The Kier molecular flexibility index (Phi) is 5.36. The number of nitrogens with one attached hydrogen (secondary N) is 1. The van der Waals surface area contributed by atoms with Crippen molar-refractivity contribution in [2.24, 2.45) is 13.0 Å². The summed E-state index contributed by atoms with van der Waals surface area (Å²) in [6.45, 7) is 8.32. The van der Waals surface area contributed by atoms with Gasteiger partial charge in [0.25, 0.3) is 5.91 Å². The van der Waals surface area contributed by atoms with E-state index in [1.807, 2.05) is 24.7 Å². The Balaban J connectivity index is 1.81. The highest BCUT2D eigenvalue weighted by Crippen LogP contribution is 2.27. The Hall–Kier alpha value is -1.40. The lowest BCUT2D eigenvalue weighted by Crippen LogP contribution is -2.24. The van der Waals surface area contributed by atoms with Crippen molar-refractivity contribution in [3.05, 3.63) is 16.6 Å². The molecule has 0 unspecified atom stereocenters. The van der Waals surface area contributed by atoms with Crippen molar-refractivity contribution in [1.29, 1.82) is 0 Å². The van der Waals surface area contributed by atoms with Crippen LogP contribution >= 0.6 is 11.3 Å². The van der Waals surface area contributed by atoms with Gasteiger partial charge in [-0.25, -0.2) is 0 Å². The molecule has 1 amide bonds. The van der Waals surface area contributed by atoms with Gasteiger partial charge in [-0.15, -0.1) is 11.3 Å². The molecule has 2 aromatic rings. The molecule has 0 saturated carbocycles. The molecule has 0 aliphatic rings. The van der Waals surface area contributed by atoms with Crippen LogP contribution in [0.15, 0.2) is 6.07 Å². The van der Waals surface area contributed by atoms with E-state index in [1.54, 1.807) is 0 Å². The zero-order valence-corrected chi connectivity index (χ0v) is 13.9. The Morgan fingerprint density at radius 3 is 2.95 bits per heavy atom. The third-order valence-corrected chi connectivity index (χ3v) is 4.32. The van der Waals surface area contributed by atoms with E-state index in [1.165, 1.54) is 11.3 Å². The largest absolute Gasteiger partial charge is 0.381 e. The van der Waals surface area contributed by atoms with Gasteiger partial charge < -0.3 is 10.1 Å². The molecule has 0 atom stereocenters. The Morgan fingerprint density at radius 2 is 2.29 bits per heavy atom. The highest BCUT2D eigenvalue weighted by Gasteiger charge is 2.14. The summed E-state index contributed by atoms with van der Waals surface area (Å²) in [4.78, 5) is 13.9. The van der Waals surface area contributed by atoms with Crippen LogP contribution in [0, 0.1) is 12.8 Å². The van der Waals surface area contributed by atoms with Gasteiger partial charge in [0.1, 0.15) is 4.83 Å². The number of hydrogen-bond donors (Lipinski definition) is 1. The Labute approximate surface area is 129 Å². The van der Waals surface area contributed by atoms with Crippen LogP contribution < -0.4 is 5.32 Å². The van der Waals surface area contributed by atoms with Gasteiger partial charge in [0.05, 0.1) is 10.6 Å². The summed E-state index contributed by atoms with van der Waals surface area (Å²) < 4.78 is 7.31. The van der Waals surface area contributed by atoms with E-state index in [2.05, 4.69) is 24.3 Å². The van der Waals surface area contributed by atoms with Crippen LogP contribution in [0.5, 0.6) is 0 Å². The molecule has 5 nitrogen and oxygen atoms in total. The van der Waals surface area contributed by atoms with Gasteiger partial charge in [-0.3, -0.25) is 9.48 Å². The minimum atomic E-state index is -0.0144. The van der Waals surface area contributed by atoms with Gasteiger partial charge in [-0.2, -0.15) is 5.10 Å². The third kappa shape index (κ3) is 4.04. The molecule has 0 bridgehead atoms. The van der Waals surface area contributed by atoms with Crippen LogP contribution in [0.25, 0.3) is 10.2 Å². The standard InChI is InChI=1S/C15H23N3O2S/c1-10(2)9-20-7-5-6-16-14(19)13-8-12-11(3)17-18(4)15(12)21-13/h8,10H,5-7,9H2,1-4H3,(H,16,19). The number of nitrogens with zero attached hydrogens (tertiary/aromatic N) is 2. The summed E-state index contributed by atoms with van der Waals surface area (Å²) in [6.07, 6.45) is 0.837. The minimum Gasteiger partial charge on any atom is -0.381 e. The van der Waals surface area contributed by atoms with Crippen LogP contribution in [0.3, 0.4) is 0 Å². The summed E-state index contributed by atoms with van der Waals surface area (Å²) in [6, 6.07) is 1.92. The zero-order chi connectivity index (χ0) is 15.4. The second kappa shape index (κ2) is 7.04. The van der Waals surface area contributed by atoms with E-state index < -0.39 is 0 Å². The number of rotatable bonds is 7. The smallest absolute Gasteiger partial charge is 0.261 e. The van der Waals surface area contributed by atoms with Crippen LogP contribution in [0.4, 0.5) is 0 Å². The Morgan fingerprint density at radius 1 is 1.52 bits per heavy atom. The van der Waals surface area contributed by atoms with Gasteiger partial charge in [-0.1, -0.05) is 13.8 Å². The molecule has 2 rings (SSSR count). The first-order chi connectivity index (χ1) is 9.99. The summed E-state index contributed by atoms with van der Waals surface area (Å²) in [7, 11) is 1.90. The quantitative estimate of drug-likeness (QED) is 0.800. The van der Waals surface area contributed by atoms with E-state index >= 15 is 0 Å². The average molecular weight is 309 g/mol. The molecule has 21 heavy (non-hydrogen) atoms. The molecule has 0 spiro atoms. The lowest BCUT2D eigenvalue weighted by Gasteiger charge is -2.07. The SMILES string of the molecule is Cc1nn(C)c2sc(C(=O)NCCCOCC(C)C)cc12. The number of ether oxygens (including phenoxy) is 1. The molecule has 0 fully saturated rings. The summed E-state index contributed by atoms with van der Waals surface area (Å²) in [5.41, 5.74) is 0.963. The van der Waals surface area contributed by atoms with Crippen LogP contribution in [0.1, 0.15) is 35.6 Å². The zero-order valence-electron chi connectivity index (χ0n) is 13.1. The fourth-order valence-electron chi connectivity index (χ4n) is 2.10. The first-order valence-electron chi connectivity index (χ1n) is 7.28. The van der Waals surface area contributed by atoms with Crippen molar-refractivity contribution in [3.8, 4) is 0 Å². The molecule has 0 aromatic carbocycles. The number of hydrogen-bond acceptors (Lipinski definition) is 4. The number of fused-ring (bicyclic) bond motifs is 1. The van der Waals surface area contributed by atoms with E-state index in [0.29, 0.717) is 19.1 Å². The number of thiophene rings is 1. The van der Waals surface area contributed by atoms with Crippen molar-refractivity contribution < 1.29 is 9.53 Å². The first-order valence-corrected chi connectivity index (χ1v) is 8.09. The molecule has 2 aromatic heterocycles. The molecule has 0 radical (unpaired) electrons. The number of aryl methyl sites for hydroxylation is 2. The summed E-state index contributed by atoms with van der Waals surface area (Å²) >= 11 is 1.48. The van der Waals surface area contributed by atoms with Crippen molar-refractivity contribution in [2.75, 3.05) is 19.8 Å². The van der Waals surface area contributed by atoms with Crippen molar-refractivity contribution in [2.45, 2.75) is 27.2 Å². The maximum Gasteiger partial charge on any atom is 0.261 e. The molecule has 2 heterocycles. The maximum absolute atomic E-state index is 12.1. The second-order valence-electron chi connectivity index (χ2n) is 5.62. The molecule has 6 heteroatoms. The highest BCUT2D eigenvalue weighted by atomic mass is 32.1. The number of amides is 1. The molecule has 1 N–H and O–H groups in total. The second-order valence-corrected chi connectivity index (χ2v) is 6.65. The summed E-state index contributed by atoms with van der Waals surface area (Å²) in [5.74, 6) is 0.537. The lowest BCUT2D eigenvalue weighted by atomic mass is 10.2. The molecule has 0 saturated heterocycles. The molecular formula is C15H23N3O2S. The summed E-state index contributed by atoms with van der Waals surface area (Å²) in [5, 5.41) is 8.34. The predicted molar refractivity (Wildman–Crippen MR) is 85.9 cm³/mol. The van der Waals surface area contributed by atoms with Gasteiger partial charge in [-0.05, 0) is 25.3 Å². The molecule has 0 aliphatic heterocycles. The van der Waals surface area contributed by atoms with Crippen LogP contribution in [0.2, 0.25) is 0 Å². The van der Waals surface area contributed by atoms with Gasteiger partial charge in [0.2, 0.25) is 0 Å². The van der Waals surface area contributed by atoms with Gasteiger partial charge >= 0.3 is 0 Å². The molecule has 116 valence electrons. The maximum atomic E-state index is 12.1. The van der Waals surface area contributed by atoms with E-state index in [9.17, 15) is 4.79 Å². The molecular weight excluding hydrogens is 286 g/mol. The van der Waals surface area contributed by atoms with Gasteiger partial charge in [0.15, 0.2) is 0 Å². The van der Waals surface area contributed by atoms with E-state index in [-0.39, 0.29) is 5.91 Å². The topological polar surface area (TPSA) is 56.2 Å². The fourth-order valence-corrected chi connectivity index (χ4v) is 3.14. The first kappa shape index (κ1) is 16.0. The van der Waals surface area contributed by atoms with E-state index in [4.69, 9.17) is 4.74 Å². The van der Waals surface area contributed by atoms with Crippen molar-refractivity contribution in [3.63, 3.8) is 0 Å². The monoisotopic (exact) mass is 309 g/mol. The Bertz CT molecular complexity index is 581. The highest BCUT2D eigenvalue weighted by molar-refractivity contribution is 7.20. The normalized spacial score (nSPS) is 11.5. The fraction of sp³-hybridized carbons (Fsp3) is 0.600. The average Bonchev–Trinajstić information content (AvgIpc) is 2.96. The van der Waals surface area contributed by atoms with Crippen molar-refractivity contribution >= 4 is 27.5 Å². The number of aromatic nitrogens is 2. The van der Waals surface area contributed by atoms with Crippen molar-refractivity contribution in [1.82, 2.24) is 15.1 Å². The van der Waals surface area contributed by atoms with Gasteiger partial charge in [0, 0.05) is 32.2 Å². The predicted octanol–water partition coefficient (Wildman–Crippen LogP) is 2.74. The number of carbonyl (C=O) groups is 1. The number of carbonyl (C=O) groups excluding carboxylic acids is 1. The minimum absolute atomic E-state index is 0.0144.